The summed E-state index contributed by atoms with van der Waals surface area (Å²) in [4.78, 5) is 16.2. The van der Waals surface area contributed by atoms with Gasteiger partial charge in [0.15, 0.2) is 0 Å². The minimum atomic E-state index is -0.422. The van der Waals surface area contributed by atoms with Gasteiger partial charge in [0.1, 0.15) is 0 Å². The first-order valence-electron chi connectivity index (χ1n) is 4.53. The number of carbonyl (C=O) groups is 1. The average Bonchev–Trinajstić information content (AvgIpc) is 2.30. The lowest BCUT2D eigenvalue weighted by Gasteiger charge is -2.12. The molecule has 0 aliphatic carbocycles. The Morgan fingerprint density at radius 1 is 1.50 bits per heavy atom. The fraction of sp³-hybridized carbons (Fsp3) is 0.300. The maximum atomic E-state index is 11.4. The molecule has 16 heavy (non-hydrogen) atoms. The largest absolute Gasteiger partial charge is 0.465 e. The van der Waals surface area contributed by atoms with Gasteiger partial charge in [-0.25, -0.2) is 4.79 Å². The van der Waals surface area contributed by atoms with Gasteiger partial charge in [0.05, 0.1) is 25.5 Å². The summed E-state index contributed by atoms with van der Waals surface area (Å²) in [6, 6.07) is 3.38. The van der Waals surface area contributed by atoms with Crippen molar-refractivity contribution < 1.29 is 14.4 Å². The molecule has 0 aliphatic heterocycles. The van der Waals surface area contributed by atoms with Crippen LogP contribution in [-0.2, 0) is 16.1 Å². The number of methoxy groups -OCH3 is 1. The summed E-state index contributed by atoms with van der Waals surface area (Å²) >= 11 is 3.29. The molecule has 0 aromatic heterocycles. The average molecular weight is 289 g/mol. The van der Waals surface area contributed by atoms with Crippen molar-refractivity contribution in [1.82, 2.24) is 0 Å². The molecule has 0 saturated heterocycles. The Morgan fingerprint density at radius 3 is 2.69 bits per heavy atom. The van der Waals surface area contributed by atoms with Crippen molar-refractivity contribution in [2.45, 2.75) is 6.54 Å². The molecule has 0 spiro atoms. The van der Waals surface area contributed by atoms with E-state index in [0.29, 0.717) is 22.3 Å². The standard InChI is InChI=1S/C10H13BrN2O3/c1-15-10(14)7-4-9(13-16-2)6(5-12)3-8(7)11/h3-4,13H,5,12H2,1-2H3. The van der Waals surface area contributed by atoms with Crippen molar-refractivity contribution in [3.05, 3.63) is 27.7 Å². The summed E-state index contributed by atoms with van der Waals surface area (Å²) < 4.78 is 5.30. The molecule has 0 fully saturated rings. The van der Waals surface area contributed by atoms with E-state index in [4.69, 9.17) is 10.6 Å². The van der Waals surface area contributed by atoms with Crippen molar-refractivity contribution in [2.24, 2.45) is 5.73 Å². The SMILES string of the molecule is CONc1cc(C(=O)OC)c(Br)cc1CN. The smallest absolute Gasteiger partial charge is 0.339 e. The number of anilines is 1. The third kappa shape index (κ3) is 2.72. The van der Waals surface area contributed by atoms with E-state index in [1.807, 2.05) is 0 Å². The van der Waals surface area contributed by atoms with E-state index < -0.39 is 5.97 Å². The Hall–Kier alpha value is -1.11. The zero-order chi connectivity index (χ0) is 12.1. The van der Waals surface area contributed by atoms with Crippen LogP contribution in [0, 0.1) is 0 Å². The molecule has 1 rings (SSSR count). The highest BCUT2D eigenvalue weighted by atomic mass is 79.9. The van der Waals surface area contributed by atoms with Crippen LogP contribution >= 0.6 is 15.9 Å². The van der Waals surface area contributed by atoms with E-state index in [9.17, 15) is 4.79 Å². The summed E-state index contributed by atoms with van der Waals surface area (Å²) in [6.45, 7) is 0.339. The minimum absolute atomic E-state index is 0.339. The van der Waals surface area contributed by atoms with Crippen molar-refractivity contribution in [3.63, 3.8) is 0 Å². The number of hydrogen-bond acceptors (Lipinski definition) is 5. The van der Waals surface area contributed by atoms with Crippen LogP contribution in [0.15, 0.2) is 16.6 Å². The number of nitrogens with one attached hydrogen (secondary N) is 1. The molecule has 0 radical (unpaired) electrons. The monoisotopic (exact) mass is 288 g/mol. The number of esters is 1. The van der Waals surface area contributed by atoms with Crippen LogP contribution in [0.1, 0.15) is 15.9 Å². The van der Waals surface area contributed by atoms with Gasteiger partial charge in [-0.15, -0.1) is 0 Å². The predicted molar refractivity (Wildman–Crippen MR) is 64.0 cm³/mol. The number of hydrogen-bond donors (Lipinski definition) is 2. The normalized spacial score (nSPS) is 10.0. The summed E-state index contributed by atoms with van der Waals surface area (Å²) in [7, 11) is 2.81. The van der Waals surface area contributed by atoms with Gasteiger partial charge in [0.2, 0.25) is 0 Å². The highest BCUT2D eigenvalue weighted by Crippen LogP contribution is 2.26. The highest BCUT2D eigenvalue weighted by molar-refractivity contribution is 9.10. The zero-order valence-corrected chi connectivity index (χ0v) is 10.6. The van der Waals surface area contributed by atoms with Crippen LogP contribution in [-0.4, -0.2) is 20.2 Å². The first-order chi connectivity index (χ1) is 7.63. The van der Waals surface area contributed by atoms with Crippen molar-refractivity contribution in [2.75, 3.05) is 19.7 Å². The summed E-state index contributed by atoms with van der Waals surface area (Å²) in [6.07, 6.45) is 0. The second kappa shape index (κ2) is 5.83. The third-order valence-electron chi connectivity index (χ3n) is 2.03. The van der Waals surface area contributed by atoms with Crippen molar-refractivity contribution >= 4 is 27.6 Å². The number of rotatable bonds is 4. The maximum Gasteiger partial charge on any atom is 0.339 e. The summed E-state index contributed by atoms with van der Waals surface area (Å²) in [5.41, 5.74) is 10.1. The zero-order valence-electron chi connectivity index (χ0n) is 9.04. The second-order valence-electron chi connectivity index (χ2n) is 2.99. The Morgan fingerprint density at radius 2 is 2.19 bits per heavy atom. The maximum absolute atomic E-state index is 11.4. The summed E-state index contributed by atoms with van der Waals surface area (Å²) in [5, 5.41) is 0. The molecule has 1 aromatic carbocycles. The molecule has 3 N–H and O–H groups in total. The molecule has 6 heteroatoms. The van der Waals surface area contributed by atoms with Crippen LogP contribution in [0.2, 0.25) is 0 Å². The van der Waals surface area contributed by atoms with Crippen LogP contribution in [0.25, 0.3) is 0 Å². The Labute approximate surface area is 102 Å². The van der Waals surface area contributed by atoms with E-state index >= 15 is 0 Å². The van der Waals surface area contributed by atoms with Gasteiger partial charge in [-0.2, -0.15) is 0 Å². The van der Waals surface area contributed by atoms with Gasteiger partial charge in [-0.1, -0.05) is 0 Å². The fourth-order valence-corrected chi connectivity index (χ4v) is 1.81. The molecule has 1 aromatic rings. The third-order valence-corrected chi connectivity index (χ3v) is 2.69. The van der Waals surface area contributed by atoms with Gasteiger partial charge in [-0.3, -0.25) is 10.3 Å². The Balaban J connectivity index is 3.21. The molecule has 88 valence electrons. The topological polar surface area (TPSA) is 73.6 Å². The lowest BCUT2D eigenvalue weighted by atomic mass is 10.1. The van der Waals surface area contributed by atoms with Gasteiger partial charge in [0, 0.05) is 11.0 Å². The van der Waals surface area contributed by atoms with E-state index in [-0.39, 0.29) is 0 Å². The first-order valence-corrected chi connectivity index (χ1v) is 5.33. The predicted octanol–water partition coefficient (Wildman–Crippen LogP) is 1.67. The molecule has 0 unspecified atom stereocenters. The van der Waals surface area contributed by atoms with Crippen LogP contribution in [0.5, 0.6) is 0 Å². The van der Waals surface area contributed by atoms with Crippen molar-refractivity contribution in [1.29, 1.82) is 0 Å². The number of halogens is 1. The van der Waals surface area contributed by atoms with Gasteiger partial charge in [0.25, 0.3) is 0 Å². The summed E-state index contributed by atoms with van der Waals surface area (Å²) in [5.74, 6) is -0.422. The Bertz CT molecular complexity index is 396. The molecule has 0 bridgehead atoms. The molecule has 0 aliphatic rings. The molecule has 0 heterocycles. The molecular weight excluding hydrogens is 276 g/mol. The molecule has 5 nitrogen and oxygen atoms in total. The molecule has 0 atom stereocenters. The fourth-order valence-electron chi connectivity index (χ4n) is 1.25. The molecular formula is C10H13BrN2O3. The van der Waals surface area contributed by atoms with Crippen molar-refractivity contribution in [3.8, 4) is 0 Å². The minimum Gasteiger partial charge on any atom is -0.465 e. The van der Waals surface area contributed by atoms with Gasteiger partial charge < -0.3 is 10.5 Å². The Kier molecular flexibility index (Phi) is 4.72. The van der Waals surface area contributed by atoms with Gasteiger partial charge in [-0.05, 0) is 33.6 Å². The van der Waals surface area contributed by atoms with Crippen LogP contribution < -0.4 is 11.2 Å². The van der Waals surface area contributed by atoms with E-state index in [2.05, 4.69) is 26.1 Å². The second-order valence-corrected chi connectivity index (χ2v) is 3.85. The number of nitrogens with two attached hydrogens (primary N) is 1. The van der Waals surface area contributed by atoms with E-state index in [1.165, 1.54) is 14.2 Å². The number of carbonyl (C=O) groups excluding carboxylic acids is 1. The quantitative estimate of drug-likeness (QED) is 0.651. The van der Waals surface area contributed by atoms with Gasteiger partial charge >= 0.3 is 5.97 Å². The van der Waals surface area contributed by atoms with E-state index in [0.717, 1.165) is 5.56 Å². The molecule has 0 saturated carbocycles. The highest BCUT2D eigenvalue weighted by Gasteiger charge is 2.14. The first kappa shape index (κ1) is 13.0. The lowest BCUT2D eigenvalue weighted by Crippen LogP contribution is -2.09. The van der Waals surface area contributed by atoms with Crippen LogP contribution in [0.3, 0.4) is 0 Å². The molecule has 0 amide bonds. The number of benzene rings is 1. The lowest BCUT2D eigenvalue weighted by molar-refractivity contribution is 0.0599. The number of ether oxygens (including phenoxy) is 1. The van der Waals surface area contributed by atoms with Crippen LogP contribution in [0.4, 0.5) is 5.69 Å². The van der Waals surface area contributed by atoms with E-state index in [1.54, 1.807) is 12.1 Å².